The van der Waals surface area contributed by atoms with E-state index in [1.54, 1.807) is 13.8 Å². The second-order valence-electron chi connectivity index (χ2n) is 5.35. The van der Waals surface area contributed by atoms with Gasteiger partial charge in [-0.3, -0.25) is 14.9 Å². The first kappa shape index (κ1) is 16.2. The van der Waals surface area contributed by atoms with Crippen LogP contribution in [-0.4, -0.2) is 41.1 Å². The highest BCUT2D eigenvalue weighted by molar-refractivity contribution is 5.73. The predicted octanol–water partition coefficient (Wildman–Crippen LogP) is 1.75. The Morgan fingerprint density at radius 3 is 2.82 bits per heavy atom. The summed E-state index contributed by atoms with van der Waals surface area (Å²) >= 11 is 0. The molecule has 1 aromatic rings. The first-order valence-corrected chi connectivity index (χ1v) is 6.71. The lowest BCUT2D eigenvalue weighted by Crippen LogP contribution is -2.25. The molecule has 0 radical (unpaired) electrons. The quantitative estimate of drug-likeness (QED) is 0.629. The van der Waals surface area contributed by atoms with Crippen molar-refractivity contribution in [2.45, 2.75) is 32.2 Å². The van der Waals surface area contributed by atoms with E-state index < -0.39 is 23.1 Å². The molecule has 2 rings (SSSR count). The fourth-order valence-corrected chi connectivity index (χ4v) is 2.22. The zero-order valence-electron chi connectivity index (χ0n) is 12.3. The molecule has 8 heteroatoms. The van der Waals surface area contributed by atoms with E-state index in [1.165, 1.54) is 18.2 Å². The number of ether oxygens (including phenoxy) is 3. The van der Waals surface area contributed by atoms with Crippen molar-refractivity contribution in [3.8, 4) is 5.75 Å². The van der Waals surface area contributed by atoms with E-state index in [2.05, 4.69) is 0 Å². The number of aliphatic carboxylic acids is 1. The van der Waals surface area contributed by atoms with E-state index in [0.29, 0.717) is 6.61 Å². The number of nitro benzene ring substituents is 1. The van der Waals surface area contributed by atoms with Crippen LogP contribution in [0.25, 0.3) is 0 Å². The average molecular weight is 311 g/mol. The minimum absolute atomic E-state index is 0.0251. The van der Waals surface area contributed by atoms with Crippen LogP contribution in [0.4, 0.5) is 5.69 Å². The van der Waals surface area contributed by atoms with Crippen molar-refractivity contribution in [1.29, 1.82) is 0 Å². The van der Waals surface area contributed by atoms with Crippen LogP contribution in [0, 0.1) is 10.1 Å². The van der Waals surface area contributed by atoms with Crippen LogP contribution in [0.5, 0.6) is 5.75 Å². The van der Waals surface area contributed by atoms with E-state index >= 15 is 0 Å². The second kappa shape index (κ2) is 6.29. The number of hydrogen-bond donors (Lipinski definition) is 1. The van der Waals surface area contributed by atoms with Gasteiger partial charge in [0.2, 0.25) is 0 Å². The minimum Gasteiger partial charge on any atom is -0.484 e. The third kappa shape index (κ3) is 3.92. The van der Waals surface area contributed by atoms with Crippen molar-refractivity contribution < 1.29 is 29.0 Å². The molecule has 0 saturated carbocycles. The fourth-order valence-electron chi connectivity index (χ4n) is 2.22. The van der Waals surface area contributed by atoms with Crippen molar-refractivity contribution in [2.75, 3.05) is 13.2 Å². The maximum atomic E-state index is 11.2. The summed E-state index contributed by atoms with van der Waals surface area (Å²) in [6, 6.07) is 4.36. The molecule has 1 aliphatic rings. The molecule has 0 spiro atoms. The van der Waals surface area contributed by atoms with Crippen LogP contribution >= 0.6 is 0 Å². The monoisotopic (exact) mass is 311 g/mol. The number of nitro groups is 1. The molecule has 1 saturated heterocycles. The summed E-state index contributed by atoms with van der Waals surface area (Å²) in [4.78, 5) is 21.4. The standard InChI is InChI=1S/C14H17NO7/c1-14(2)21-8-10(22-14)7-20-11-5-3-4-9(6-12(16)17)13(11)15(18)19/h3-5,10H,6-8H2,1-2H3,(H,16,17)/t10-/m1/s1. The number of nitrogens with zero attached hydrogens (tertiary/aromatic N) is 1. The van der Waals surface area contributed by atoms with Gasteiger partial charge in [0.25, 0.3) is 0 Å². The third-order valence-corrected chi connectivity index (χ3v) is 3.10. The highest BCUT2D eigenvalue weighted by atomic mass is 16.7. The van der Waals surface area contributed by atoms with Gasteiger partial charge < -0.3 is 19.3 Å². The molecule has 0 aliphatic carbocycles. The molecule has 1 aliphatic heterocycles. The summed E-state index contributed by atoms with van der Waals surface area (Å²) in [5.41, 5.74) is -0.234. The summed E-state index contributed by atoms with van der Waals surface area (Å²) in [7, 11) is 0. The van der Waals surface area contributed by atoms with Gasteiger partial charge in [-0.2, -0.15) is 0 Å². The molecule has 1 fully saturated rings. The number of carbonyl (C=O) groups is 1. The molecule has 1 N–H and O–H groups in total. The first-order chi connectivity index (χ1) is 10.3. The summed E-state index contributed by atoms with van der Waals surface area (Å²) in [6.45, 7) is 3.95. The van der Waals surface area contributed by atoms with Gasteiger partial charge in [0.1, 0.15) is 12.7 Å². The van der Waals surface area contributed by atoms with Gasteiger partial charge >= 0.3 is 11.7 Å². The molecule has 1 aromatic carbocycles. The summed E-state index contributed by atoms with van der Waals surface area (Å²) in [6.07, 6.45) is -0.776. The number of benzene rings is 1. The van der Waals surface area contributed by atoms with Gasteiger partial charge in [-0.1, -0.05) is 12.1 Å². The molecule has 1 atom stereocenters. The number of carboxylic acids is 1. The minimum atomic E-state index is -1.14. The maximum absolute atomic E-state index is 11.2. The van der Waals surface area contributed by atoms with E-state index in [-0.39, 0.29) is 29.7 Å². The Balaban J connectivity index is 2.13. The van der Waals surface area contributed by atoms with Crippen LogP contribution in [-0.2, 0) is 20.7 Å². The Kier molecular flexibility index (Phi) is 4.62. The smallest absolute Gasteiger partial charge is 0.314 e. The number of para-hydroxylation sites is 1. The van der Waals surface area contributed by atoms with Gasteiger partial charge in [-0.15, -0.1) is 0 Å². The Morgan fingerprint density at radius 2 is 2.27 bits per heavy atom. The van der Waals surface area contributed by atoms with Crippen LogP contribution in [0.2, 0.25) is 0 Å². The third-order valence-electron chi connectivity index (χ3n) is 3.10. The largest absolute Gasteiger partial charge is 0.484 e. The zero-order chi connectivity index (χ0) is 16.3. The van der Waals surface area contributed by atoms with E-state index in [4.69, 9.17) is 19.3 Å². The Hall–Kier alpha value is -2.19. The van der Waals surface area contributed by atoms with Gasteiger partial charge in [0, 0.05) is 5.56 Å². The maximum Gasteiger partial charge on any atom is 0.314 e. The summed E-state index contributed by atoms with van der Waals surface area (Å²) < 4.78 is 16.4. The Morgan fingerprint density at radius 1 is 1.55 bits per heavy atom. The predicted molar refractivity (Wildman–Crippen MR) is 74.8 cm³/mol. The van der Waals surface area contributed by atoms with Gasteiger partial charge in [0.05, 0.1) is 18.0 Å². The topological polar surface area (TPSA) is 108 Å². The van der Waals surface area contributed by atoms with Gasteiger partial charge in [-0.05, 0) is 19.9 Å². The lowest BCUT2D eigenvalue weighted by molar-refractivity contribution is -0.386. The van der Waals surface area contributed by atoms with Gasteiger partial charge in [-0.25, -0.2) is 0 Å². The highest BCUT2D eigenvalue weighted by Gasteiger charge is 2.33. The molecule has 0 amide bonds. The van der Waals surface area contributed by atoms with Crippen molar-refractivity contribution in [3.63, 3.8) is 0 Å². The first-order valence-electron chi connectivity index (χ1n) is 6.71. The molecule has 22 heavy (non-hydrogen) atoms. The molecule has 120 valence electrons. The van der Waals surface area contributed by atoms with Crippen LogP contribution < -0.4 is 4.74 Å². The van der Waals surface area contributed by atoms with Crippen LogP contribution in [0.3, 0.4) is 0 Å². The normalized spacial score (nSPS) is 19.8. The number of hydrogen-bond acceptors (Lipinski definition) is 6. The molecule has 1 heterocycles. The van der Waals surface area contributed by atoms with Crippen molar-refractivity contribution in [3.05, 3.63) is 33.9 Å². The zero-order valence-corrected chi connectivity index (χ0v) is 12.3. The number of rotatable bonds is 6. The highest BCUT2D eigenvalue weighted by Crippen LogP contribution is 2.32. The van der Waals surface area contributed by atoms with Gasteiger partial charge in [0.15, 0.2) is 11.5 Å². The van der Waals surface area contributed by atoms with Crippen molar-refractivity contribution >= 4 is 11.7 Å². The Labute approximate surface area is 126 Å². The summed E-state index contributed by atoms with van der Waals surface area (Å²) in [5, 5.41) is 20.0. The van der Waals surface area contributed by atoms with E-state index in [9.17, 15) is 14.9 Å². The van der Waals surface area contributed by atoms with E-state index in [0.717, 1.165) is 0 Å². The lowest BCUT2D eigenvalue weighted by Gasteiger charge is -2.17. The summed E-state index contributed by atoms with van der Waals surface area (Å²) in [5.74, 6) is -1.82. The molecular formula is C14H17NO7. The fraction of sp³-hybridized carbons (Fsp3) is 0.500. The molecule has 0 bridgehead atoms. The van der Waals surface area contributed by atoms with Crippen LogP contribution in [0.1, 0.15) is 19.4 Å². The average Bonchev–Trinajstić information content (AvgIpc) is 2.75. The molecular weight excluding hydrogens is 294 g/mol. The molecule has 8 nitrogen and oxygen atoms in total. The second-order valence-corrected chi connectivity index (χ2v) is 5.35. The SMILES string of the molecule is CC1(C)OC[C@@H](COc2cccc(CC(=O)O)c2[N+](=O)[O-])O1. The van der Waals surface area contributed by atoms with Crippen molar-refractivity contribution in [2.24, 2.45) is 0 Å². The van der Waals surface area contributed by atoms with Crippen molar-refractivity contribution in [1.82, 2.24) is 0 Å². The Bertz CT molecular complexity index is 585. The van der Waals surface area contributed by atoms with Crippen LogP contribution in [0.15, 0.2) is 18.2 Å². The number of carboxylic acid groups (broad SMARTS) is 1. The van der Waals surface area contributed by atoms with E-state index in [1.807, 2.05) is 0 Å². The molecule has 0 aromatic heterocycles. The molecule has 0 unspecified atom stereocenters. The lowest BCUT2D eigenvalue weighted by atomic mass is 10.1.